The van der Waals surface area contributed by atoms with Crippen LogP contribution in [0.5, 0.6) is 11.5 Å². The number of methoxy groups -OCH3 is 2. The Labute approximate surface area is 132 Å². The van der Waals surface area contributed by atoms with Crippen molar-refractivity contribution in [2.45, 2.75) is 32.4 Å². The van der Waals surface area contributed by atoms with E-state index in [4.69, 9.17) is 25.7 Å². The summed E-state index contributed by atoms with van der Waals surface area (Å²) in [4.78, 5) is 11.0. The van der Waals surface area contributed by atoms with E-state index >= 15 is 0 Å². The fourth-order valence-corrected chi connectivity index (χ4v) is 2.84. The van der Waals surface area contributed by atoms with Gasteiger partial charge in [-0.1, -0.05) is 0 Å². The summed E-state index contributed by atoms with van der Waals surface area (Å²) in [6.07, 6.45) is -0.373. The van der Waals surface area contributed by atoms with Crippen LogP contribution in [0.1, 0.15) is 25.0 Å². The van der Waals surface area contributed by atoms with Gasteiger partial charge in [0.1, 0.15) is 17.1 Å². The first kappa shape index (κ1) is 17.6. The van der Waals surface area contributed by atoms with Gasteiger partial charge in [-0.2, -0.15) is 0 Å². The summed E-state index contributed by atoms with van der Waals surface area (Å²) < 4.78 is 16.6. The van der Waals surface area contributed by atoms with E-state index in [1.165, 1.54) is 0 Å². The number of carbonyl (C=O) groups is 1. The number of nitrogens with two attached hydrogens (primary N) is 2. The molecule has 1 rings (SSSR count). The fourth-order valence-electron chi connectivity index (χ4n) is 2.18. The molecule has 0 heterocycles. The van der Waals surface area contributed by atoms with Gasteiger partial charge in [0.2, 0.25) is 0 Å². The number of rotatable bonds is 6. The number of hydrogen-bond donors (Lipinski definition) is 2. The molecule has 0 aliphatic heterocycles. The second-order valence-corrected chi connectivity index (χ2v) is 5.92. The Morgan fingerprint density at radius 2 is 1.95 bits per heavy atom. The van der Waals surface area contributed by atoms with Crippen molar-refractivity contribution in [3.8, 4) is 11.5 Å². The molecule has 118 valence electrons. The van der Waals surface area contributed by atoms with E-state index in [9.17, 15) is 4.79 Å². The van der Waals surface area contributed by atoms with Crippen LogP contribution in [0, 0.1) is 0 Å². The van der Waals surface area contributed by atoms with E-state index < -0.39 is 11.7 Å². The smallest absolute Gasteiger partial charge is 0.405 e. The highest BCUT2D eigenvalue weighted by molar-refractivity contribution is 9.10. The first-order valence-corrected chi connectivity index (χ1v) is 7.15. The fraction of sp³-hybridized carbons (Fsp3) is 0.500. The molecule has 0 saturated carbocycles. The van der Waals surface area contributed by atoms with E-state index in [0.29, 0.717) is 17.9 Å². The maximum absolute atomic E-state index is 11.0. The highest BCUT2D eigenvalue weighted by Gasteiger charge is 2.26. The molecule has 6 nitrogen and oxygen atoms in total. The molecule has 0 atom stereocenters. The molecule has 1 amide bonds. The average Bonchev–Trinajstić information content (AvgIpc) is 2.38. The third-order valence-electron chi connectivity index (χ3n) is 2.98. The summed E-state index contributed by atoms with van der Waals surface area (Å²) in [5.41, 5.74) is 11.7. The lowest BCUT2D eigenvalue weighted by Gasteiger charge is -2.26. The van der Waals surface area contributed by atoms with E-state index in [0.717, 1.165) is 15.6 Å². The predicted molar refractivity (Wildman–Crippen MR) is 83.6 cm³/mol. The molecule has 7 heteroatoms. The van der Waals surface area contributed by atoms with Crippen LogP contribution in [0.3, 0.4) is 0 Å². The minimum absolute atomic E-state index is 0.284. The Bertz CT molecular complexity index is 532. The van der Waals surface area contributed by atoms with Gasteiger partial charge in [0.25, 0.3) is 0 Å². The number of halogens is 1. The molecule has 0 bridgehead atoms. The topological polar surface area (TPSA) is 96.8 Å². The van der Waals surface area contributed by atoms with Crippen molar-refractivity contribution in [1.82, 2.24) is 0 Å². The summed E-state index contributed by atoms with van der Waals surface area (Å²) in [7, 11) is 3.13. The van der Waals surface area contributed by atoms with Gasteiger partial charge in [-0.3, -0.25) is 0 Å². The second-order valence-electron chi connectivity index (χ2n) is 5.13. The lowest BCUT2D eigenvalue weighted by atomic mass is 9.96. The van der Waals surface area contributed by atoms with Gasteiger partial charge in [-0.25, -0.2) is 4.79 Å². The summed E-state index contributed by atoms with van der Waals surface area (Å²) in [5.74, 6) is 1.24. The van der Waals surface area contributed by atoms with Crippen LogP contribution in [0.2, 0.25) is 0 Å². The Hall–Kier alpha value is -1.47. The van der Waals surface area contributed by atoms with Crippen LogP contribution < -0.4 is 20.9 Å². The van der Waals surface area contributed by atoms with E-state index in [1.54, 1.807) is 28.1 Å². The molecule has 21 heavy (non-hydrogen) atoms. The van der Waals surface area contributed by atoms with Crippen molar-refractivity contribution in [3.05, 3.63) is 21.7 Å². The van der Waals surface area contributed by atoms with Crippen molar-refractivity contribution in [2.75, 3.05) is 14.2 Å². The number of benzene rings is 1. The van der Waals surface area contributed by atoms with Crippen molar-refractivity contribution in [3.63, 3.8) is 0 Å². The van der Waals surface area contributed by atoms with E-state index in [1.807, 2.05) is 6.07 Å². The summed E-state index contributed by atoms with van der Waals surface area (Å²) >= 11 is 3.51. The van der Waals surface area contributed by atoms with Crippen LogP contribution >= 0.6 is 15.9 Å². The van der Waals surface area contributed by atoms with E-state index in [2.05, 4.69) is 15.9 Å². The third-order valence-corrected chi connectivity index (χ3v) is 3.85. The maximum atomic E-state index is 11.0. The SMILES string of the molecule is COc1cc(CC(C)(C)OC(N)=O)c(Br)c(OC)c1CN. The van der Waals surface area contributed by atoms with Crippen LogP contribution in [0.25, 0.3) is 0 Å². The zero-order valence-electron chi connectivity index (χ0n) is 12.7. The largest absolute Gasteiger partial charge is 0.496 e. The minimum Gasteiger partial charge on any atom is -0.496 e. The molecule has 4 N–H and O–H groups in total. The maximum Gasteiger partial charge on any atom is 0.405 e. The van der Waals surface area contributed by atoms with Gasteiger partial charge in [0.15, 0.2) is 0 Å². The van der Waals surface area contributed by atoms with Crippen LogP contribution in [-0.4, -0.2) is 25.9 Å². The monoisotopic (exact) mass is 360 g/mol. The van der Waals surface area contributed by atoms with Gasteiger partial charge in [-0.15, -0.1) is 0 Å². The minimum atomic E-state index is -0.811. The molecule has 0 spiro atoms. The lowest BCUT2D eigenvalue weighted by molar-refractivity contribution is 0.0459. The zero-order chi connectivity index (χ0) is 16.2. The molecular weight excluding hydrogens is 340 g/mol. The Kier molecular flexibility index (Phi) is 5.86. The molecule has 1 aromatic carbocycles. The Morgan fingerprint density at radius 1 is 1.33 bits per heavy atom. The van der Waals surface area contributed by atoms with Gasteiger partial charge in [0.05, 0.1) is 24.3 Å². The molecule has 0 aromatic heterocycles. The average molecular weight is 361 g/mol. The van der Waals surface area contributed by atoms with Crippen molar-refractivity contribution >= 4 is 22.0 Å². The molecule has 0 radical (unpaired) electrons. The normalized spacial score (nSPS) is 11.1. The predicted octanol–water partition coefficient (Wildman–Crippen LogP) is 2.34. The van der Waals surface area contributed by atoms with Gasteiger partial charge in [0, 0.05) is 13.0 Å². The lowest BCUT2D eigenvalue weighted by Crippen LogP contribution is -2.33. The Morgan fingerprint density at radius 3 is 2.38 bits per heavy atom. The summed E-state index contributed by atoms with van der Waals surface area (Å²) in [6, 6.07) is 1.85. The molecule has 0 fully saturated rings. The number of amides is 1. The van der Waals surface area contributed by atoms with Crippen molar-refractivity contribution < 1.29 is 19.0 Å². The van der Waals surface area contributed by atoms with Gasteiger partial charge in [-0.05, 0) is 41.4 Å². The molecule has 0 aliphatic rings. The molecule has 0 saturated heterocycles. The van der Waals surface area contributed by atoms with E-state index in [-0.39, 0.29) is 6.54 Å². The highest BCUT2D eigenvalue weighted by atomic mass is 79.9. The standard InChI is InChI=1S/C14H21BrN2O4/c1-14(2,21-13(17)18)6-8-5-10(19-3)9(7-16)12(20-4)11(8)15/h5H,6-7,16H2,1-4H3,(H2,17,18). The van der Waals surface area contributed by atoms with Crippen molar-refractivity contribution in [2.24, 2.45) is 11.5 Å². The second kappa shape index (κ2) is 7.00. The first-order valence-electron chi connectivity index (χ1n) is 6.36. The van der Waals surface area contributed by atoms with Gasteiger partial charge < -0.3 is 25.7 Å². The van der Waals surface area contributed by atoms with Gasteiger partial charge >= 0.3 is 6.09 Å². The quantitative estimate of drug-likeness (QED) is 0.811. The summed E-state index contributed by atoms with van der Waals surface area (Å²) in [5, 5.41) is 0. The zero-order valence-corrected chi connectivity index (χ0v) is 14.2. The van der Waals surface area contributed by atoms with Crippen LogP contribution in [0.15, 0.2) is 10.5 Å². The number of ether oxygens (including phenoxy) is 3. The first-order chi connectivity index (χ1) is 9.75. The molecular formula is C14H21BrN2O4. The third kappa shape index (κ3) is 4.25. The highest BCUT2D eigenvalue weighted by Crippen LogP contribution is 2.40. The van der Waals surface area contributed by atoms with Crippen LogP contribution in [0.4, 0.5) is 4.79 Å². The van der Waals surface area contributed by atoms with Crippen molar-refractivity contribution in [1.29, 1.82) is 0 Å². The Balaban J connectivity index is 3.28. The molecule has 0 aliphatic carbocycles. The number of primary amides is 1. The number of hydrogen-bond acceptors (Lipinski definition) is 5. The molecule has 0 unspecified atom stereocenters. The molecule has 1 aromatic rings. The summed E-state index contributed by atoms with van der Waals surface area (Å²) in [6.45, 7) is 3.84. The van der Waals surface area contributed by atoms with Crippen LogP contribution in [-0.2, 0) is 17.7 Å². The number of carbonyl (C=O) groups excluding carboxylic acids is 1.